The number of likely N-dealkylation sites (tertiary alicyclic amines) is 1. The van der Waals surface area contributed by atoms with Gasteiger partial charge in [-0.15, -0.1) is 0 Å². The maximum atomic E-state index is 11.8. The Morgan fingerprint density at radius 3 is 2.62 bits per heavy atom. The van der Waals surface area contributed by atoms with Crippen LogP contribution in [0.3, 0.4) is 0 Å². The van der Waals surface area contributed by atoms with Crippen molar-refractivity contribution in [1.29, 1.82) is 0 Å². The topological polar surface area (TPSA) is 66.8 Å². The molecule has 6 heteroatoms. The number of piperidine rings is 1. The van der Waals surface area contributed by atoms with Crippen LogP contribution in [0, 0.1) is 0 Å². The summed E-state index contributed by atoms with van der Waals surface area (Å²) in [6.45, 7) is 1.24. The minimum atomic E-state index is -0.934. The number of amides is 1. The number of carbonyl (C=O) groups excluding carboxylic acids is 1. The zero-order valence-corrected chi connectivity index (χ0v) is 13.2. The highest BCUT2D eigenvalue weighted by molar-refractivity contribution is 9.10. The van der Waals surface area contributed by atoms with Crippen LogP contribution in [-0.4, -0.2) is 41.1 Å². The number of hydrogen-bond acceptors (Lipinski definition) is 3. The van der Waals surface area contributed by atoms with E-state index in [0.29, 0.717) is 13.1 Å². The molecule has 0 saturated carbocycles. The number of carboxylic acids is 1. The van der Waals surface area contributed by atoms with E-state index in [9.17, 15) is 9.59 Å². The zero-order valence-electron chi connectivity index (χ0n) is 11.6. The van der Waals surface area contributed by atoms with Crippen LogP contribution in [-0.2, 0) is 9.59 Å². The first-order valence-electron chi connectivity index (χ1n) is 6.96. The molecule has 1 fully saturated rings. The van der Waals surface area contributed by atoms with E-state index >= 15 is 0 Å². The number of benzene rings is 1. The van der Waals surface area contributed by atoms with Crippen molar-refractivity contribution in [3.05, 3.63) is 28.7 Å². The van der Waals surface area contributed by atoms with E-state index in [1.165, 1.54) is 0 Å². The second-order valence-corrected chi connectivity index (χ2v) is 5.96. The van der Waals surface area contributed by atoms with Gasteiger partial charge in [0, 0.05) is 36.8 Å². The molecule has 2 rings (SSSR count). The number of rotatable bonds is 5. The van der Waals surface area contributed by atoms with Gasteiger partial charge in [-0.2, -0.15) is 0 Å². The van der Waals surface area contributed by atoms with Crippen LogP contribution in [0.4, 0.5) is 0 Å². The Balaban J connectivity index is 1.78. The van der Waals surface area contributed by atoms with Crippen molar-refractivity contribution in [1.82, 2.24) is 4.90 Å². The molecule has 0 radical (unpaired) electrons. The van der Waals surface area contributed by atoms with E-state index in [1.54, 1.807) is 4.90 Å². The van der Waals surface area contributed by atoms with Crippen LogP contribution >= 0.6 is 15.9 Å². The highest BCUT2D eigenvalue weighted by Crippen LogP contribution is 2.22. The SMILES string of the molecule is O=C(O)CCC(=O)N1CCC(Oc2cccc(Br)c2)CC1. The highest BCUT2D eigenvalue weighted by atomic mass is 79.9. The standard InChI is InChI=1S/C15H18BrNO4/c16-11-2-1-3-13(10-11)21-12-6-8-17(9-7-12)14(18)4-5-15(19)20/h1-3,10,12H,4-9H2,(H,19,20). The van der Waals surface area contributed by atoms with Gasteiger partial charge in [0.2, 0.25) is 5.91 Å². The number of hydrogen-bond donors (Lipinski definition) is 1. The lowest BCUT2D eigenvalue weighted by Crippen LogP contribution is -2.41. The molecule has 1 amide bonds. The molecule has 0 aliphatic carbocycles. The number of ether oxygens (including phenoxy) is 1. The predicted molar refractivity (Wildman–Crippen MR) is 81.2 cm³/mol. The molecule has 0 aromatic heterocycles. The van der Waals surface area contributed by atoms with Gasteiger partial charge in [0.05, 0.1) is 6.42 Å². The molecule has 1 aromatic rings. The second kappa shape index (κ2) is 7.45. The molecule has 0 bridgehead atoms. The normalized spacial score (nSPS) is 15.8. The van der Waals surface area contributed by atoms with Crippen molar-refractivity contribution < 1.29 is 19.4 Å². The average Bonchev–Trinajstić information content (AvgIpc) is 2.45. The number of aliphatic carboxylic acids is 1. The van der Waals surface area contributed by atoms with Crippen LogP contribution in [0.25, 0.3) is 0 Å². The molecule has 0 atom stereocenters. The average molecular weight is 356 g/mol. The van der Waals surface area contributed by atoms with Gasteiger partial charge in [-0.3, -0.25) is 9.59 Å². The minimum absolute atomic E-state index is 0.0759. The van der Waals surface area contributed by atoms with E-state index < -0.39 is 5.97 Å². The van der Waals surface area contributed by atoms with E-state index in [4.69, 9.17) is 9.84 Å². The smallest absolute Gasteiger partial charge is 0.303 e. The largest absolute Gasteiger partial charge is 0.490 e. The number of carboxylic acid groups (broad SMARTS) is 1. The van der Waals surface area contributed by atoms with Crippen LogP contribution in [0.15, 0.2) is 28.7 Å². The van der Waals surface area contributed by atoms with E-state index in [2.05, 4.69) is 15.9 Å². The van der Waals surface area contributed by atoms with Gasteiger partial charge < -0.3 is 14.7 Å². The molecule has 1 saturated heterocycles. The van der Waals surface area contributed by atoms with Crippen molar-refractivity contribution in [2.45, 2.75) is 31.8 Å². The number of carbonyl (C=O) groups is 2. The van der Waals surface area contributed by atoms with Crippen LogP contribution in [0.5, 0.6) is 5.75 Å². The first-order chi connectivity index (χ1) is 10.0. The van der Waals surface area contributed by atoms with E-state index in [1.807, 2.05) is 24.3 Å². The third-order valence-corrected chi connectivity index (χ3v) is 3.94. The van der Waals surface area contributed by atoms with Gasteiger partial charge in [-0.1, -0.05) is 22.0 Å². The van der Waals surface area contributed by atoms with Crippen molar-refractivity contribution in [2.24, 2.45) is 0 Å². The molecule has 21 heavy (non-hydrogen) atoms. The highest BCUT2D eigenvalue weighted by Gasteiger charge is 2.24. The van der Waals surface area contributed by atoms with Crippen molar-refractivity contribution in [2.75, 3.05) is 13.1 Å². The first-order valence-corrected chi connectivity index (χ1v) is 7.75. The summed E-state index contributed by atoms with van der Waals surface area (Å²) in [6, 6.07) is 7.69. The predicted octanol–water partition coefficient (Wildman–Crippen LogP) is 2.68. The number of nitrogens with zero attached hydrogens (tertiary/aromatic N) is 1. The van der Waals surface area contributed by atoms with Crippen molar-refractivity contribution in [3.8, 4) is 5.75 Å². The van der Waals surface area contributed by atoms with E-state index in [-0.39, 0.29) is 24.9 Å². The molecule has 1 heterocycles. The molecule has 0 spiro atoms. The number of halogens is 1. The fraction of sp³-hybridized carbons (Fsp3) is 0.467. The quantitative estimate of drug-likeness (QED) is 0.881. The lowest BCUT2D eigenvalue weighted by atomic mass is 10.1. The third-order valence-electron chi connectivity index (χ3n) is 3.45. The Hall–Kier alpha value is -1.56. The maximum absolute atomic E-state index is 11.8. The first kappa shape index (κ1) is 15.8. The van der Waals surface area contributed by atoms with Gasteiger partial charge in [0.15, 0.2) is 0 Å². The summed E-state index contributed by atoms with van der Waals surface area (Å²) in [5, 5.41) is 8.59. The molecule has 5 nitrogen and oxygen atoms in total. The Kier molecular flexibility index (Phi) is 5.61. The van der Waals surface area contributed by atoms with Crippen molar-refractivity contribution in [3.63, 3.8) is 0 Å². The van der Waals surface area contributed by atoms with Gasteiger partial charge in [-0.25, -0.2) is 0 Å². The fourth-order valence-corrected chi connectivity index (χ4v) is 2.71. The Bertz CT molecular complexity index is 512. The van der Waals surface area contributed by atoms with Gasteiger partial charge in [0.1, 0.15) is 11.9 Å². The summed E-state index contributed by atoms with van der Waals surface area (Å²) in [5.74, 6) is -0.199. The fourth-order valence-electron chi connectivity index (χ4n) is 2.33. The zero-order chi connectivity index (χ0) is 15.2. The summed E-state index contributed by atoms with van der Waals surface area (Å²) < 4.78 is 6.87. The van der Waals surface area contributed by atoms with E-state index in [0.717, 1.165) is 23.1 Å². The molecular formula is C15H18BrNO4. The summed E-state index contributed by atoms with van der Waals surface area (Å²) in [7, 11) is 0. The molecule has 1 aliphatic rings. The second-order valence-electron chi connectivity index (χ2n) is 5.05. The molecular weight excluding hydrogens is 338 g/mol. The maximum Gasteiger partial charge on any atom is 0.303 e. The van der Waals surface area contributed by atoms with Crippen molar-refractivity contribution >= 4 is 27.8 Å². The molecule has 0 unspecified atom stereocenters. The summed E-state index contributed by atoms with van der Waals surface area (Å²) >= 11 is 3.40. The molecule has 1 aliphatic heterocycles. The summed E-state index contributed by atoms with van der Waals surface area (Å²) in [6.07, 6.45) is 1.61. The lowest BCUT2D eigenvalue weighted by molar-refractivity contribution is -0.141. The van der Waals surface area contributed by atoms with Crippen LogP contribution in [0.1, 0.15) is 25.7 Å². The molecule has 114 valence electrons. The Labute approximate surface area is 132 Å². The minimum Gasteiger partial charge on any atom is -0.490 e. The molecule has 1 aromatic carbocycles. The monoisotopic (exact) mass is 355 g/mol. The molecule has 1 N–H and O–H groups in total. The Morgan fingerprint density at radius 2 is 2.00 bits per heavy atom. The third kappa shape index (κ3) is 5.04. The summed E-state index contributed by atoms with van der Waals surface area (Å²) in [5.41, 5.74) is 0. The van der Waals surface area contributed by atoms with Crippen LogP contribution in [0.2, 0.25) is 0 Å². The van der Waals surface area contributed by atoms with Gasteiger partial charge in [0.25, 0.3) is 0 Å². The Morgan fingerprint density at radius 1 is 1.29 bits per heavy atom. The van der Waals surface area contributed by atoms with Gasteiger partial charge >= 0.3 is 5.97 Å². The summed E-state index contributed by atoms with van der Waals surface area (Å²) in [4.78, 5) is 24.0. The van der Waals surface area contributed by atoms with Gasteiger partial charge in [-0.05, 0) is 18.2 Å². The van der Waals surface area contributed by atoms with Crippen LogP contribution < -0.4 is 4.74 Å². The lowest BCUT2D eigenvalue weighted by Gasteiger charge is -2.32.